The van der Waals surface area contributed by atoms with Gasteiger partial charge in [-0.25, -0.2) is 0 Å². The molecule has 0 unspecified atom stereocenters. The van der Waals surface area contributed by atoms with E-state index in [0.717, 1.165) is 0 Å². The van der Waals surface area contributed by atoms with Gasteiger partial charge in [0.1, 0.15) is 6.61 Å². The third kappa shape index (κ3) is 2.62. The predicted molar refractivity (Wildman–Crippen MR) is 61.0 cm³/mol. The van der Waals surface area contributed by atoms with E-state index in [1.54, 1.807) is 11.8 Å². The fourth-order valence-electron chi connectivity index (χ4n) is 1.27. The van der Waals surface area contributed by atoms with Crippen LogP contribution in [0.1, 0.15) is 17.3 Å². The number of aryl methyl sites for hydroxylation is 1. The molecule has 0 aliphatic carbocycles. The summed E-state index contributed by atoms with van der Waals surface area (Å²) in [6.07, 6.45) is 0. The molecule has 0 spiro atoms. The Balaban J connectivity index is 1.99. The van der Waals surface area contributed by atoms with Crippen molar-refractivity contribution in [3.8, 4) is 0 Å². The van der Waals surface area contributed by atoms with Gasteiger partial charge in [-0.05, 0) is 18.6 Å². The number of benzene rings is 1. The summed E-state index contributed by atoms with van der Waals surface area (Å²) in [5.41, 5.74) is 1.23. The van der Waals surface area contributed by atoms with Crippen molar-refractivity contribution in [1.82, 2.24) is 10.1 Å². The lowest BCUT2D eigenvalue weighted by Gasteiger charge is -2.01. The van der Waals surface area contributed by atoms with Gasteiger partial charge >= 0.3 is 0 Å². The molecule has 1 aromatic carbocycles. The van der Waals surface area contributed by atoms with Crippen LogP contribution in [0.15, 0.2) is 33.7 Å². The highest BCUT2D eigenvalue weighted by molar-refractivity contribution is 7.98. The number of aliphatic hydroxyl groups excluding tert-OH is 1. The van der Waals surface area contributed by atoms with Crippen molar-refractivity contribution in [2.75, 3.05) is 0 Å². The number of aliphatic hydroxyl groups is 1. The molecule has 0 radical (unpaired) electrons. The van der Waals surface area contributed by atoms with Crippen LogP contribution in [0.25, 0.3) is 0 Å². The Hall–Kier alpha value is -1.33. The molecule has 1 aromatic heterocycles. The third-order valence-corrected chi connectivity index (χ3v) is 3.27. The quantitative estimate of drug-likeness (QED) is 0.824. The molecule has 0 bridgehead atoms. The second-order valence-corrected chi connectivity index (χ2v) is 4.33. The van der Waals surface area contributed by atoms with Gasteiger partial charge in [0.15, 0.2) is 5.82 Å². The predicted octanol–water partition coefficient (Wildman–Crippen LogP) is 2.16. The van der Waals surface area contributed by atoms with Gasteiger partial charge < -0.3 is 9.63 Å². The Kier molecular flexibility index (Phi) is 3.58. The molecule has 0 aliphatic rings. The van der Waals surface area contributed by atoms with Crippen molar-refractivity contribution < 1.29 is 9.63 Å². The summed E-state index contributed by atoms with van der Waals surface area (Å²) in [5.74, 6) is 1.52. The van der Waals surface area contributed by atoms with Gasteiger partial charge in [0.2, 0.25) is 0 Å². The number of rotatable bonds is 4. The minimum Gasteiger partial charge on any atom is -0.387 e. The molecular formula is C11H12N2O2S. The third-order valence-electron chi connectivity index (χ3n) is 2.10. The van der Waals surface area contributed by atoms with Crippen LogP contribution in [0, 0.1) is 6.92 Å². The molecule has 2 rings (SSSR count). The Morgan fingerprint density at radius 1 is 1.38 bits per heavy atom. The van der Waals surface area contributed by atoms with Crippen molar-refractivity contribution in [3.05, 3.63) is 41.5 Å². The average molecular weight is 236 g/mol. The van der Waals surface area contributed by atoms with E-state index in [9.17, 15) is 0 Å². The number of hydrogen-bond acceptors (Lipinski definition) is 5. The van der Waals surface area contributed by atoms with Gasteiger partial charge in [-0.2, -0.15) is 4.98 Å². The Morgan fingerprint density at radius 2 is 2.19 bits per heavy atom. The molecule has 0 atom stereocenters. The zero-order chi connectivity index (χ0) is 11.4. The minimum atomic E-state index is -0.206. The van der Waals surface area contributed by atoms with E-state index in [4.69, 9.17) is 9.63 Å². The van der Waals surface area contributed by atoms with E-state index < -0.39 is 0 Å². The maximum atomic E-state index is 8.78. The fourth-order valence-corrected chi connectivity index (χ4v) is 2.15. The zero-order valence-electron chi connectivity index (χ0n) is 8.88. The van der Waals surface area contributed by atoms with Crippen LogP contribution in [-0.2, 0) is 12.4 Å². The normalized spacial score (nSPS) is 10.6. The summed E-state index contributed by atoms with van der Waals surface area (Å²) in [7, 11) is 0. The molecule has 1 N–H and O–H groups in total. The molecule has 16 heavy (non-hydrogen) atoms. The molecule has 0 amide bonds. The molecule has 5 heteroatoms. The van der Waals surface area contributed by atoms with Gasteiger partial charge in [-0.3, -0.25) is 0 Å². The van der Waals surface area contributed by atoms with Gasteiger partial charge in [-0.1, -0.05) is 23.4 Å². The van der Waals surface area contributed by atoms with E-state index in [0.29, 0.717) is 11.6 Å². The highest BCUT2D eigenvalue weighted by atomic mass is 32.2. The largest absolute Gasteiger partial charge is 0.387 e. The van der Waals surface area contributed by atoms with Gasteiger partial charge in [-0.15, -0.1) is 11.8 Å². The van der Waals surface area contributed by atoms with Gasteiger partial charge in [0, 0.05) is 4.90 Å². The average Bonchev–Trinajstić information content (AvgIpc) is 2.76. The van der Waals surface area contributed by atoms with Gasteiger partial charge in [0.25, 0.3) is 5.89 Å². The first kappa shape index (κ1) is 11.2. The van der Waals surface area contributed by atoms with Crippen LogP contribution in [0.5, 0.6) is 0 Å². The van der Waals surface area contributed by atoms with E-state index in [2.05, 4.69) is 29.2 Å². The summed E-state index contributed by atoms with van der Waals surface area (Å²) in [6, 6.07) is 8.15. The number of thioether (sulfide) groups is 1. The number of hydrogen-bond donors (Lipinski definition) is 1. The summed E-state index contributed by atoms with van der Waals surface area (Å²) in [5, 5.41) is 12.5. The highest BCUT2D eigenvalue weighted by Crippen LogP contribution is 2.24. The van der Waals surface area contributed by atoms with Crippen molar-refractivity contribution in [2.24, 2.45) is 0 Å². The lowest BCUT2D eigenvalue weighted by atomic mass is 10.2. The summed E-state index contributed by atoms with van der Waals surface area (Å²) in [6.45, 7) is 1.86. The van der Waals surface area contributed by atoms with Crippen molar-refractivity contribution in [1.29, 1.82) is 0 Å². The van der Waals surface area contributed by atoms with Gasteiger partial charge in [0.05, 0.1) is 5.75 Å². The highest BCUT2D eigenvalue weighted by Gasteiger charge is 2.06. The standard InChI is InChI=1S/C11H12N2O2S/c1-8-4-2-3-5-9(8)16-7-10-12-11(6-14)15-13-10/h2-5,14H,6-7H2,1H3. The van der Waals surface area contributed by atoms with Crippen molar-refractivity contribution >= 4 is 11.8 Å². The fraction of sp³-hybridized carbons (Fsp3) is 0.273. The Bertz CT molecular complexity index is 471. The van der Waals surface area contributed by atoms with E-state index in [-0.39, 0.29) is 12.5 Å². The molecular weight excluding hydrogens is 224 g/mol. The molecule has 0 saturated heterocycles. The monoisotopic (exact) mass is 236 g/mol. The summed E-state index contributed by atoms with van der Waals surface area (Å²) >= 11 is 1.66. The maximum Gasteiger partial charge on any atom is 0.252 e. The second kappa shape index (κ2) is 5.14. The first-order chi connectivity index (χ1) is 7.79. The second-order valence-electron chi connectivity index (χ2n) is 3.32. The Morgan fingerprint density at radius 3 is 2.88 bits per heavy atom. The Labute approximate surface area is 97.7 Å². The van der Waals surface area contributed by atoms with E-state index >= 15 is 0 Å². The number of aromatic nitrogens is 2. The molecule has 84 valence electrons. The van der Waals surface area contributed by atoms with Crippen LogP contribution < -0.4 is 0 Å². The SMILES string of the molecule is Cc1ccccc1SCc1noc(CO)n1. The molecule has 0 saturated carbocycles. The first-order valence-electron chi connectivity index (χ1n) is 4.90. The molecule has 1 heterocycles. The van der Waals surface area contributed by atoms with Crippen LogP contribution in [-0.4, -0.2) is 15.2 Å². The molecule has 2 aromatic rings. The molecule has 0 fully saturated rings. The van der Waals surface area contributed by atoms with Crippen molar-refractivity contribution in [3.63, 3.8) is 0 Å². The van der Waals surface area contributed by atoms with Crippen LogP contribution in [0.2, 0.25) is 0 Å². The summed E-state index contributed by atoms with van der Waals surface area (Å²) < 4.78 is 4.81. The maximum absolute atomic E-state index is 8.78. The van der Waals surface area contributed by atoms with Crippen molar-refractivity contribution in [2.45, 2.75) is 24.2 Å². The van der Waals surface area contributed by atoms with Crippen LogP contribution in [0.3, 0.4) is 0 Å². The van der Waals surface area contributed by atoms with E-state index in [1.807, 2.05) is 12.1 Å². The smallest absolute Gasteiger partial charge is 0.252 e. The minimum absolute atomic E-state index is 0.206. The number of nitrogens with zero attached hydrogens (tertiary/aromatic N) is 2. The topological polar surface area (TPSA) is 59.2 Å². The summed E-state index contributed by atoms with van der Waals surface area (Å²) in [4.78, 5) is 5.23. The molecule has 0 aliphatic heterocycles. The van der Waals surface area contributed by atoms with E-state index in [1.165, 1.54) is 10.5 Å². The van der Waals surface area contributed by atoms with Crippen LogP contribution >= 0.6 is 11.8 Å². The zero-order valence-corrected chi connectivity index (χ0v) is 9.70. The first-order valence-corrected chi connectivity index (χ1v) is 5.89. The molecule has 4 nitrogen and oxygen atoms in total. The lowest BCUT2D eigenvalue weighted by Crippen LogP contribution is -1.87. The van der Waals surface area contributed by atoms with Crippen LogP contribution in [0.4, 0.5) is 0 Å². The lowest BCUT2D eigenvalue weighted by molar-refractivity contribution is 0.222.